The molecule has 1 saturated heterocycles. The maximum absolute atomic E-state index is 12.7. The Bertz CT molecular complexity index is 1150. The van der Waals surface area contributed by atoms with E-state index in [1.54, 1.807) is 30.5 Å². The van der Waals surface area contributed by atoms with E-state index in [-0.39, 0.29) is 11.8 Å². The predicted molar refractivity (Wildman–Crippen MR) is 126 cm³/mol. The number of amides is 2. The Kier molecular flexibility index (Phi) is 5.93. The SMILES string of the molecule is O=C(NCc1ccnc(N2CCCC2)c1)c1cccc(NC(=O)C2Cc3ccccc3O2)c1. The van der Waals surface area contributed by atoms with Gasteiger partial charge >= 0.3 is 0 Å². The standard InChI is InChI=1S/C26H26N4O3/c31-25(28-17-18-10-11-27-24(14-18)30-12-3-4-13-30)20-7-5-8-21(15-20)29-26(32)23-16-19-6-1-2-9-22(19)33-23/h1-2,5-11,14-15,23H,3-4,12-13,16-17H2,(H,28,31)(H,29,32). The first kappa shape index (κ1) is 21.0. The summed E-state index contributed by atoms with van der Waals surface area (Å²) >= 11 is 0. The van der Waals surface area contributed by atoms with Gasteiger partial charge in [0.1, 0.15) is 11.6 Å². The van der Waals surface area contributed by atoms with Gasteiger partial charge in [0.25, 0.3) is 11.8 Å². The van der Waals surface area contributed by atoms with Crippen LogP contribution in [-0.4, -0.2) is 36.0 Å². The van der Waals surface area contributed by atoms with E-state index in [1.807, 2.05) is 36.4 Å². The minimum Gasteiger partial charge on any atom is -0.480 e. The fourth-order valence-corrected chi connectivity index (χ4v) is 4.26. The van der Waals surface area contributed by atoms with E-state index in [0.29, 0.717) is 24.2 Å². The van der Waals surface area contributed by atoms with Crippen molar-refractivity contribution >= 4 is 23.3 Å². The van der Waals surface area contributed by atoms with Crippen LogP contribution < -0.4 is 20.3 Å². The highest BCUT2D eigenvalue weighted by Crippen LogP contribution is 2.28. The Hall–Kier alpha value is -3.87. The molecule has 1 unspecified atom stereocenters. The van der Waals surface area contributed by atoms with E-state index >= 15 is 0 Å². The summed E-state index contributed by atoms with van der Waals surface area (Å²) in [5.74, 6) is 1.28. The van der Waals surface area contributed by atoms with Gasteiger partial charge in [0.05, 0.1) is 0 Å². The first-order chi connectivity index (χ1) is 16.2. The van der Waals surface area contributed by atoms with Gasteiger partial charge in [-0.25, -0.2) is 4.98 Å². The lowest BCUT2D eigenvalue weighted by Crippen LogP contribution is -2.31. The highest BCUT2D eigenvalue weighted by molar-refractivity contribution is 5.98. The van der Waals surface area contributed by atoms with Gasteiger partial charge in [0.2, 0.25) is 0 Å². The molecular weight excluding hydrogens is 416 g/mol. The van der Waals surface area contributed by atoms with Crippen LogP contribution in [0.5, 0.6) is 5.75 Å². The molecule has 168 valence electrons. The summed E-state index contributed by atoms with van der Waals surface area (Å²) in [5.41, 5.74) is 3.07. The summed E-state index contributed by atoms with van der Waals surface area (Å²) in [6, 6.07) is 18.5. The number of ether oxygens (including phenoxy) is 1. The molecule has 0 radical (unpaired) electrons. The Morgan fingerprint density at radius 2 is 1.88 bits per heavy atom. The minimum atomic E-state index is -0.573. The second kappa shape index (κ2) is 9.32. The van der Waals surface area contributed by atoms with E-state index in [2.05, 4.69) is 20.5 Å². The van der Waals surface area contributed by atoms with E-state index in [4.69, 9.17) is 4.74 Å². The Morgan fingerprint density at radius 1 is 1.03 bits per heavy atom. The Morgan fingerprint density at radius 3 is 2.73 bits per heavy atom. The molecule has 5 rings (SSSR count). The van der Waals surface area contributed by atoms with Gasteiger partial charge in [0, 0.05) is 43.5 Å². The number of anilines is 2. The fraction of sp³-hybridized carbons (Fsp3) is 0.269. The zero-order chi connectivity index (χ0) is 22.6. The molecule has 33 heavy (non-hydrogen) atoms. The number of carbonyl (C=O) groups excluding carboxylic acids is 2. The van der Waals surface area contributed by atoms with Crippen LogP contribution in [0.4, 0.5) is 11.5 Å². The zero-order valence-corrected chi connectivity index (χ0v) is 18.3. The molecule has 2 aromatic carbocycles. The van der Waals surface area contributed by atoms with Crippen molar-refractivity contribution in [2.75, 3.05) is 23.3 Å². The molecule has 0 saturated carbocycles. The van der Waals surface area contributed by atoms with Crippen LogP contribution in [0.2, 0.25) is 0 Å². The van der Waals surface area contributed by atoms with Crippen molar-refractivity contribution in [1.82, 2.24) is 10.3 Å². The lowest BCUT2D eigenvalue weighted by molar-refractivity contribution is -0.122. The summed E-state index contributed by atoms with van der Waals surface area (Å²) in [7, 11) is 0. The first-order valence-corrected chi connectivity index (χ1v) is 11.3. The van der Waals surface area contributed by atoms with Crippen LogP contribution in [-0.2, 0) is 17.8 Å². The number of aromatic nitrogens is 1. The lowest BCUT2D eigenvalue weighted by Gasteiger charge is -2.17. The van der Waals surface area contributed by atoms with E-state index < -0.39 is 6.10 Å². The number of rotatable bonds is 6. The third-order valence-corrected chi connectivity index (χ3v) is 6.02. The average Bonchev–Trinajstić information content (AvgIpc) is 3.53. The van der Waals surface area contributed by atoms with Crippen molar-refractivity contribution in [2.24, 2.45) is 0 Å². The third-order valence-electron chi connectivity index (χ3n) is 6.02. The number of pyridine rings is 1. The van der Waals surface area contributed by atoms with Crippen molar-refractivity contribution in [3.63, 3.8) is 0 Å². The van der Waals surface area contributed by atoms with Crippen molar-refractivity contribution in [1.29, 1.82) is 0 Å². The van der Waals surface area contributed by atoms with Crippen LogP contribution in [0, 0.1) is 0 Å². The monoisotopic (exact) mass is 442 g/mol. The van der Waals surface area contributed by atoms with Crippen LogP contribution >= 0.6 is 0 Å². The van der Waals surface area contributed by atoms with Crippen LogP contribution in [0.15, 0.2) is 66.9 Å². The smallest absolute Gasteiger partial charge is 0.265 e. The molecule has 0 spiro atoms. The minimum absolute atomic E-state index is 0.199. The lowest BCUT2D eigenvalue weighted by atomic mass is 10.1. The van der Waals surface area contributed by atoms with Crippen molar-refractivity contribution in [3.05, 3.63) is 83.6 Å². The maximum Gasteiger partial charge on any atom is 0.265 e. The van der Waals surface area contributed by atoms with Gasteiger partial charge in [0.15, 0.2) is 6.10 Å². The molecule has 1 aromatic heterocycles. The number of benzene rings is 2. The molecule has 3 aromatic rings. The van der Waals surface area contributed by atoms with Gasteiger partial charge in [-0.15, -0.1) is 0 Å². The van der Waals surface area contributed by atoms with Crippen molar-refractivity contribution < 1.29 is 14.3 Å². The number of para-hydroxylation sites is 1. The fourth-order valence-electron chi connectivity index (χ4n) is 4.26. The van der Waals surface area contributed by atoms with Gasteiger partial charge in [-0.2, -0.15) is 0 Å². The molecule has 0 aliphatic carbocycles. The normalized spacial score (nSPS) is 16.7. The molecule has 2 N–H and O–H groups in total. The van der Waals surface area contributed by atoms with Gasteiger partial charge in [-0.3, -0.25) is 9.59 Å². The first-order valence-electron chi connectivity index (χ1n) is 11.3. The van der Waals surface area contributed by atoms with Crippen molar-refractivity contribution in [2.45, 2.75) is 31.9 Å². The van der Waals surface area contributed by atoms with Gasteiger partial charge < -0.3 is 20.3 Å². The average molecular weight is 443 g/mol. The van der Waals surface area contributed by atoms with E-state index in [1.165, 1.54) is 12.8 Å². The summed E-state index contributed by atoms with van der Waals surface area (Å²) in [6.07, 6.45) is 4.13. The van der Waals surface area contributed by atoms with E-state index in [9.17, 15) is 9.59 Å². The largest absolute Gasteiger partial charge is 0.480 e. The summed E-state index contributed by atoms with van der Waals surface area (Å²) in [5, 5.41) is 5.83. The number of fused-ring (bicyclic) bond motifs is 1. The number of nitrogens with zero attached hydrogens (tertiary/aromatic N) is 2. The molecule has 1 fully saturated rings. The molecule has 2 aliphatic rings. The molecule has 2 aliphatic heterocycles. The molecule has 7 heteroatoms. The summed E-state index contributed by atoms with van der Waals surface area (Å²) < 4.78 is 5.75. The van der Waals surface area contributed by atoms with E-state index in [0.717, 1.165) is 35.8 Å². The zero-order valence-electron chi connectivity index (χ0n) is 18.3. The topological polar surface area (TPSA) is 83.6 Å². The van der Waals surface area contributed by atoms with Crippen LogP contribution in [0.25, 0.3) is 0 Å². The third kappa shape index (κ3) is 4.82. The maximum atomic E-state index is 12.7. The highest BCUT2D eigenvalue weighted by Gasteiger charge is 2.28. The second-order valence-electron chi connectivity index (χ2n) is 8.39. The molecular formula is C26H26N4O3. The Labute approximate surface area is 192 Å². The second-order valence-corrected chi connectivity index (χ2v) is 8.39. The summed E-state index contributed by atoms with van der Waals surface area (Å²) in [6.45, 7) is 2.46. The predicted octanol–water partition coefficient (Wildman–Crippen LogP) is 3.55. The molecule has 0 bridgehead atoms. The van der Waals surface area contributed by atoms with Crippen LogP contribution in [0.3, 0.4) is 0 Å². The number of hydrogen-bond acceptors (Lipinski definition) is 5. The number of nitrogens with one attached hydrogen (secondary N) is 2. The quantitative estimate of drug-likeness (QED) is 0.610. The Balaban J connectivity index is 1.18. The van der Waals surface area contributed by atoms with Crippen molar-refractivity contribution in [3.8, 4) is 5.75 Å². The molecule has 7 nitrogen and oxygen atoms in total. The highest BCUT2D eigenvalue weighted by atomic mass is 16.5. The summed E-state index contributed by atoms with van der Waals surface area (Å²) in [4.78, 5) is 32.1. The molecule has 3 heterocycles. The molecule has 1 atom stereocenters. The van der Waals surface area contributed by atoms with Gasteiger partial charge in [-0.05, 0) is 60.4 Å². The number of hydrogen-bond donors (Lipinski definition) is 2. The number of carbonyl (C=O) groups is 2. The van der Waals surface area contributed by atoms with Gasteiger partial charge in [-0.1, -0.05) is 24.3 Å². The molecule has 2 amide bonds. The van der Waals surface area contributed by atoms with Crippen LogP contribution in [0.1, 0.15) is 34.3 Å².